The lowest BCUT2D eigenvalue weighted by Gasteiger charge is -2.07. The normalized spacial score (nSPS) is 10.4. The third-order valence-corrected chi connectivity index (χ3v) is 3.45. The topological polar surface area (TPSA) is 117 Å². The van der Waals surface area contributed by atoms with E-state index in [2.05, 4.69) is 25.6 Å². The van der Waals surface area contributed by atoms with Gasteiger partial charge in [0.05, 0.1) is 16.5 Å². The largest absolute Gasteiger partial charge is 0.350 e. The molecule has 0 bridgehead atoms. The summed E-state index contributed by atoms with van der Waals surface area (Å²) in [6, 6.07) is 10.1. The summed E-state index contributed by atoms with van der Waals surface area (Å²) in [4.78, 5) is 46.3. The van der Waals surface area contributed by atoms with Crippen molar-refractivity contribution in [1.82, 2.24) is 25.6 Å². The Labute approximate surface area is 142 Å². The van der Waals surface area contributed by atoms with Gasteiger partial charge in [-0.25, -0.2) is 4.98 Å². The number of hydrogen-bond donors (Lipinski definition) is 3. The Kier molecular flexibility index (Phi) is 4.79. The molecule has 0 unspecified atom stereocenters. The molecule has 0 atom stereocenters. The number of hydrogen-bond acceptors (Lipinski definition) is 5. The number of carbonyl (C=O) groups excluding carboxylic acids is 2. The van der Waals surface area contributed by atoms with Crippen molar-refractivity contribution < 1.29 is 9.59 Å². The second kappa shape index (κ2) is 7.35. The second-order valence-corrected chi connectivity index (χ2v) is 5.19. The summed E-state index contributed by atoms with van der Waals surface area (Å²) in [6.45, 7) is 0.429. The standard InChI is InChI=1S/C17H15N5O3/c23-15(11-4-3-7-18-10-11)19-8-9-20-17(25)14-21-13-6-2-1-5-12(13)16(24)22-14/h1-7,10H,8-9H2,(H,19,23)(H,20,25)(H,21,22,24). The molecule has 8 nitrogen and oxygen atoms in total. The number of nitrogens with one attached hydrogen (secondary N) is 3. The first-order valence-corrected chi connectivity index (χ1v) is 7.60. The van der Waals surface area contributed by atoms with E-state index in [0.29, 0.717) is 16.5 Å². The average Bonchev–Trinajstić information content (AvgIpc) is 2.65. The van der Waals surface area contributed by atoms with Crippen LogP contribution in [0.25, 0.3) is 10.9 Å². The summed E-state index contributed by atoms with van der Waals surface area (Å²) in [5.74, 6) is -0.861. The van der Waals surface area contributed by atoms with Crippen molar-refractivity contribution in [2.75, 3.05) is 13.1 Å². The van der Waals surface area contributed by atoms with Crippen LogP contribution in [0.4, 0.5) is 0 Å². The Balaban J connectivity index is 1.56. The molecule has 0 aliphatic rings. The number of fused-ring (bicyclic) bond motifs is 1. The van der Waals surface area contributed by atoms with Crippen LogP contribution in [-0.4, -0.2) is 39.9 Å². The fourth-order valence-corrected chi connectivity index (χ4v) is 2.23. The summed E-state index contributed by atoms with van der Waals surface area (Å²) in [7, 11) is 0. The number of aromatic amines is 1. The smallest absolute Gasteiger partial charge is 0.287 e. The summed E-state index contributed by atoms with van der Waals surface area (Å²) in [5, 5.41) is 5.68. The minimum absolute atomic E-state index is 0.0673. The van der Waals surface area contributed by atoms with Crippen LogP contribution >= 0.6 is 0 Å². The molecule has 2 amide bonds. The molecule has 3 aromatic rings. The average molecular weight is 337 g/mol. The number of pyridine rings is 1. The number of rotatable bonds is 5. The van der Waals surface area contributed by atoms with Gasteiger partial charge in [-0.15, -0.1) is 0 Å². The number of aromatic nitrogens is 3. The van der Waals surface area contributed by atoms with Crippen molar-refractivity contribution in [3.05, 3.63) is 70.5 Å². The van der Waals surface area contributed by atoms with Crippen LogP contribution < -0.4 is 16.2 Å². The number of H-pyrrole nitrogens is 1. The number of benzene rings is 1. The van der Waals surface area contributed by atoms with Gasteiger partial charge in [0.2, 0.25) is 0 Å². The highest BCUT2D eigenvalue weighted by molar-refractivity contribution is 5.94. The minimum atomic E-state index is -0.515. The van der Waals surface area contributed by atoms with Crippen molar-refractivity contribution in [2.24, 2.45) is 0 Å². The van der Waals surface area contributed by atoms with Gasteiger partial charge in [0.15, 0.2) is 5.82 Å². The van der Waals surface area contributed by atoms with E-state index < -0.39 is 5.91 Å². The Bertz CT molecular complexity index is 969. The van der Waals surface area contributed by atoms with Crippen molar-refractivity contribution in [3.8, 4) is 0 Å². The first-order chi connectivity index (χ1) is 12.1. The molecule has 1 aromatic carbocycles. The molecule has 3 N–H and O–H groups in total. The fraction of sp³-hybridized carbons (Fsp3) is 0.118. The predicted octanol–water partition coefficient (Wildman–Crippen LogP) is 0.478. The van der Waals surface area contributed by atoms with Gasteiger partial charge >= 0.3 is 0 Å². The first-order valence-electron chi connectivity index (χ1n) is 7.60. The molecule has 2 heterocycles. The summed E-state index contributed by atoms with van der Waals surface area (Å²) >= 11 is 0. The number of para-hydroxylation sites is 1. The highest BCUT2D eigenvalue weighted by atomic mass is 16.2. The van der Waals surface area contributed by atoms with Gasteiger partial charge in [-0.3, -0.25) is 19.4 Å². The Morgan fingerprint density at radius 3 is 2.52 bits per heavy atom. The second-order valence-electron chi connectivity index (χ2n) is 5.19. The third-order valence-electron chi connectivity index (χ3n) is 3.45. The van der Waals surface area contributed by atoms with Gasteiger partial charge in [-0.05, 0) is 24.3 Å². The van der Waals surface area contributed by atoms with Crippen LogP contribution in [-0.2, 0) is 0 Å². The van der Waals surface area contributed by atoms with Gasteiger partial charge in [0.1, 0.15) is 0 Å². The monoisotopic (exact) mass is 337 g/mol. The first kappa shape index (κ1) is 16.3. The molecule has 0 saturated heterocycles. The van der Waals surface area contributed by atoms with Crippen LogP contribution in [0.3, 0.4) is 0 Å². The molecule has 25 heavy (non-hydrogen) atoms. The van der Waals surface area contributed by atoms with Crippen molar-refractivity contribution in [3.63, 3.8) is 0 Å². The van der Waals surface area contributed by atoms with Crippen LogP contribution in [0, 0.1) is 0 Å². The molecule has 0 spiro atoms. The molecule has 2 aromatic heterocycles. The summed E-state index contributed by atoms with van der Waals surface area (Å²) < 4.78 is 0. The third kappa shape index (κ3) is 3.86. The number of amides is 2. The van der Waals surface area contributed by atoms with Gasteiger partial charge < -0.3 is 15.6 Å². The maximum Gasteiger partial charge on any atom is 0.287 e. The molecule has 0 saturated carbocycles. The van der Waals surface area contributed by atoms with E-state index in [4.69, 9.17) is 0 Å². The lowest BCUT2D eigenvalue weighted by atomic mass is 10.2. The van der Waals surface area contributed by atoms with Crippen LogP contribution in [0.1, 0.15) is 21.0 Å². The molecule has 0 aliphatic heterocycles. The predicted molar refractivity (Wildman–Crippen MR) is 91.3 cm³/mol. The van der Waals surface area contributed by atoms with Gasteiger partial charge in [0.25, 0.3) is 17.4 Å². The summed E-state index contributed by atoms with van der Waals surface area (Å²) in [5.41, 5.74) is 0.510. The maximum atomic E-state index is 12.1. The molecule has 126 valence electrons. The van der Waals surface area contributed by atoms with E-state index in [9.17, 15) is 14.4 Å². The molecular formula is C17H15N5O3. The molecule has 0 radical (unpaired) electrons. The zero-order valence-electron chi connectivity index (χ0n) is 13.2. The molecule has 0 fully saturated rings. The van der Waals surface area contributed by atoms with E-state index >= 15 is 0 Å². The molecule has 3 rings (SSSR count). The van der Waals surface area contributed by atoms with E-state index in [1.165, 1.54) is 6.20 Å². The van der Waals surface area contributed by atoms with Crippen LogP contribution in [0.15, 0.2) is 53.6 Å². The van der Waals surface area contributed by atoms with Gasteiger partial charge in [-0.2, -0.15) is 0 Å². The van der Waals surface area contributed by atoms with Crippen molar-refractivity contribution in [1.29, 1.82) is 0 Å². The summed E-state index contributed by atoms with van der Waals surface area (Å²) in [6.07, 6.45) is 3.03. The Morgan fingerprint density at radius 1 is 1.00 bits per heavy atom. The maximum absolute atomic E-state index is 12.1. The van der Waals surface area contributed by atoms with Gasteiger partial charge in [-0.1, -0.05) is 12.1 Å². The zero-order valence-corrected chi connectivity index (χ0v) is 13.2. The lowest BCUT2D eigenvalue weighted by Crippen LogP contribution is -2.36. The van der Waals surface area contributed by atoms with E-state index in [1.807, 2.05) is 0 Å². The SMILES string of the molecule is O=C(NCCNC(=O)c1nc2ccccc2c(=O)[nH]1)c1cccnc1. The van der Waals surface area contributed by atoms with E-state index in [1.54, 1.807) is 42.6 Å². The van der Waals surface area contributed by atoms with Gasteiger partial charge in [0, 0.05) is 25.5 Å². The van der Waals surface area contributed by atoms with Crippen molar-refractivity contribution >= 4 is 22.7 Å². The van der Waals surface area contributed by atoms with Crippen LogP contribution in [0.2, 0.25) is 0 Å². The molecular weight excluding hydrogens is 322 g/mol. The Hall–Kier alpha value is -3.55. The Morgan fingerprint density at radius 2 is 1.76 bits per heavy atom. The zero-order chi connectivity index (χ0) is 17.6. The highest BCUT2D eigenvalue weighted by Crippen LogP contribution is 2.05. The van der Waals surface area contributed by atoms with E-state index in [0.717, 1.165) is 0 Å². The molecule has 8 heteroatoms. The number of carbonyl (C=O) groups is 2. The number of nitrogens with zero attached hydrogens (tertiary/aromatic N) is 2. The quantitative estimate of drug-likeness (QED) is 0.585. The minimum Gasteiger partial charge on any atom is -0.350 e. The van der Waals surface area contributed by atoms with Crippen molar-refractivity contribution in [2.45, 2.75) is 0 Å². The fourth-order valence-electron chi connectivity index (χ4n) is 2.23. The van der Waals surface area contributed by atoms with E-state index in [-0.39, 0.29) is 30.4 Å². The molecule has 0 aliphatic carbocycles. The lowest BCUT2D eigenvalue weighted by molar-refractivity contribution is 0.0922. The highest BCUT2D eigenvalue weighted by Gasteiger charge is 2.11. The van der Waals surface area contributed by atoms with Crippen LogP contribution in [0.5, 0.6) is 0 Å².